The summed E-state index contributed by atoms with van der Waals surface area (Å²) in [6.45, 7) is 5.89. The molecule has 0 fully saturated rings. The molecule has 0 aliphatic carbocycles. The van der Waals surface area contributed by atoms with Crippen molar-refractivity contribution in [1.82, 2.24) is 10.2 Å². The van der Waals surface area contributed by atoms with E-state index in [0.717, 1.165) is 26.2 Å². The van der Waals surface area contributed by atoms with Gasteiger partial charge in [0.15, 0.2) is 5.82 Å². The summed E-state index contributed by atoms with van der Waals surface area (Å²) in [4.78, 5) is 13.0. The fourth-order valence-corrected chi connectivity index (χ4v) is 2.98. The maximum Gasteiger partial charge on any atom is 0.235 e. The molecule has 2 aromatic rings. The van der Waals surface area contributed by atoms with Crippen LogP contribution in [0, 0.1) is 20.8 Å². The monoisotopic (exact) mass is 353 g/mol. The lowest BCUT2D eigenvalue weighted by atomic mass is 10.2. The number of thioether (sulfide) groups is 1. The Labute approximate surface area is 130 Å². The summed E-state index contributed by atoms with van der Waals surface area (Å²) in [5, 5.41) is 9.74. The minimum absolute atomic E-state index is 0.0491. The Morgan fingerprint density at radius 1 is 1.40 bits per heavy atom. The number of carbonyl (C=O) groups excluding carboxylic acids is 1. The molecule has 0 radical (unpaired) electrons. The number of carbonyl (C=O) groups is 1. The molecule has 0 spiro atoms. The van der Waals surface area contributed by atoms with Crippen LogP contribution >= 0.6 is 27.7 Å². The van der Waals surface area contributed by atoms with Crippen LogP contribution in [0.1, 0.15) is 16.8 Å². The molecular weight excluding hydrogens is 338 g/mol. The summed E-state index contributed by atoms with van der Waals surface area (Å²) >= 11 is 4.96. The van der Waals surface area contributed by atoms with Crippen LogP contribution in [0.3, 0.4) is 0 Å². The third-order valence-corrected chi connectivity index (χ3v) is 4.68. The minimum atomic E-state index is -0.0491. The Morgan fingerprint density at radius 3 is 2.75 bits per heavy atom. The van der Waals surface area contributed by atoms with Crippen LogP contribution in [0.5, 0.6) is 0 Å². The van der Waals surface area contributed by atoms with Gasteiger partial charge in [-0.3, -0.25) is 9.89 Å². The number of halogens is 1. The summed E-state index contributed by atoms with van der Waals surface area (Å²) in [5.41, 5.74) is 3.10. The van der Waals surface area contributed by atoms with Gasteiger partial charge in [-0.15, -0.1) is 11.8 Å². The molecule has 6 heteroatoms. The van der Waals surface area contributed by atoms with Gasteiger partial charge in [0.05, 0.1) is 5.75 Å². The molecule has 0 atom stereocenters. The van der Waals surface area contributed by atoms with E-state index in [1.165, 1.54) is 11.8 Å². The zero-order valence-corrected chi connectivity index (χ0v) is 14.0. The van der Waals surface area contributed by atoms with Crippen molar-refractivity contribution < 1.29 is 4.79 Å². The number of hydrogen-bond acceptors (Lipinski definition) is 3. The highest BCUT2D eigenvalue weighted by atomic mass is 79.9. The van der Waals surface area contributed by atoms with Crippen LogP contribution < -0.4 is 5.32 Å². The van der Waals surface area contributed by atoms with Crippen molar-refractivity contribution in [2.24, 2.45) is 0 Å². The molecule has 106 valence electrons. The quantitative estimate of drug-likeness (QED) is 0.821. The first-order valence-corrected chi connectivity index (χ1v) is 7.95. The van der Waals surface area contributed by atoms with Gasteiger partial charge in [0, 0.05) is 20.6 Å². The molecule has 1 aromatic carbocycles. The van der Waals surface area contributed by atoms with Crippen LogP contribution in [-0.2, 0) is 4.79 Å². The van der Waals surface area contributed by atoms with Crippen molar-refractivity contribution in [1.29, 1.82) is 0 Å². The van der Waals surface area contributed by atoms with Crippen molar-refractivity contribution in [2.45, 2.75) is 25.7 Å². The highest BCUT2D eigenvalue weighted by molar-refractivity contribution is 9.10. The normalized spacial score (nSPS) is 10.6. The maximum atomic E-state index is 11.9. The largest absolute Gasteiger partial charge is 0.308 e. The van der Waals surface area contributed by atoms with Gasteiger partial charge in [-0.25, -0.2) is 0 Å². The van der Waals surface area contributed by atoms with E-state index >= 15 is 0 Å². The number of aromatic nitrogens is 2. The van der Waals surface area contributed by atoms with Gasteiger partial charge in [-0.05, 0) is 44.5 Å². The lowest BCUT2D eigenvalue weighted by Crippen LogP contribution is -2.15. The molecule has 4 nitrogen and oxygen atoms in total. The van der Waals surface area contributed by atoms with E-state index in [0.29, 0.717) is 11.6 Å². The molecule has 0 saturated carbocycles. The minimum Gasteiger partial charge on any atom is -0.308 e. The van der Waals surface area contributed by atoms with E-state index in [4.69, 9.17) is 0 Å². The average Bonchev–Trinajstić information content (AvgIpc) is 2.70. The van der Waals surface area contributed by atoms with Gasteiger partial charge in [0.2, 0.25) is 5.91 Å². The SMILES string of the molecule is Cc1cc(Br)ccc1SCC(=O)Nc1n[nH]c(C)c1C. The Kier molecular flexibility index (Phi) is 4.88. The van der Waals surface area contributed by atoms with E-state index in [2.05, 4.69) is 31.4 Å². The fraction of sp³-hybridized carbons (Fsp3) is 0.286. The van der Waals surface area contributed by atoms with E-state index in [9.17, 15) is 4.79 Å². The van der Waals surface area contributed by atoms with Crippen LogP contribution in [0.25, 0.3) is 0 Å². The lowest BCUT2D eigenvalue weighted by Gasteiger charge is -2.06. The first-order chi connectivity index (χ1) is 9.47. The summed E-state index contributed by atoms with van der Waals surface area (Å²) in [6, 6.07) is 6.04. The van der Waals surface area contributed by atoms with Crippen molar-refractivity contribution in [3.63, 3.8) is 0 Å². The average molecular weight is 354 g/mol. The van der Waals surface area contributed by atoms with E-state index in [1.807, 2.05) is 39.0 Å². The smallest absolute Gasteiger partial charge is 0.235 e. The van der Waals surface area contributed by atoms with Crippen LogP contribution in [0.15, 0.2) is 27.6 Å². The van der Waals surface area contributed by atoms with Crippen molar-refractivity contribution >= 4 is 39.4 Å². The Bertz CT molecular complexity index is 639. The van der Waals surface area contributed by atoms with Crippen molar-refractivity contribution in [3.8, 4) is 0 Å². The molecule has 0 bridgehead atoms. The summed E-state index contributed by atoms with van der Waals surface area (Å²) in [7, 11) is 0. The predicted molar refractivity (Wildman–Crippen MR) is 86.3 cm³/mol. The number of amides is 1. The van der Waals surface area contributed by atoms with Crippen LogP contribution in [-0.4, -0.2) is 21.9 Å². The number of hydrogen-bond donors (Lipinski definition) is 2. The van der Waals surface area contributed by atoms with Gasteiger partial charge in [0.1, 0.15) is 0 Å². The molecular formula is C14H16BrN3OS. The van der Waals surface area contributed by atoms with Gasteiger partial charge in [-0.2, -0.15) is 5.10 Å². The number of nitrogens with zero attached hydrogens (tertiary/aromatic N) is 1. The van der Waals surface area contributed by atoms with Crippen LogP contribution in [0.4, 0.5) is 5.82 Å². The third-order valence-electron chi connectivity index (χ3n) is 3.01. The van der Waals surface area contributed by atoms with Crippen molar-refractivity contribution in [3.05, 3.63) is 39.5 Å². The number of H-pyrrole nitrogens is 1. The highest BCUT2D eigenvalue weighted by Crippen LogP contribution is 2.25. The number of benzene rings is 1. The van der Waals surface area contributed by atoms with Gasteiger partial charge in [0.25, 0.3) is 0 Å². The van der Waals surface area contributed by atoms with Gasteiger partial charge < -0.3 is 5.32 Å². The van der Waals surface area contributed by atoms with E-state index < -0.39 is 0 Å². The van der Waals surface area contributed by atoms with Crippen LogP contribution in [0.2, 0.25) is 0 Å². The van der Waals surface area contributed by atoms with Gasteiger partial charge >= 0.3 is 0 Å². The zero-order valence-electron chi connectivity index (χ0n) is 11.6. The second-order valence-corrected chi connectivity index (χ2v) is 6.50. The number of aromatic amines is 1. The molecule has 20 heavy (non-hydrogen) atoms. The molecule has 0 saturated heterocycles. The number of rotatable bonds is 4. The summed E-state index contributed by atoms with van der Waals surface area (Å²) in [5.74, 6) is 0.931. The molecule has 1 heterocycles. The molecule has 0 aliphatic rings. The first-order valence-electron chi connectivity index (χ1n) is 6.17. The Balaban J connectivity index is 1.94. The first kappa shape index (κ1) is 15.1. The predicted octanol–water partition coefficient (Wildman–Crippen LogP) is 3.83. The standard InChI is InChI=1S/C14H16BrN3OS/c1-8-6-11(15)4-5-12(8)20-7-13(19)16-14-9(2)10(3)17-18-14/h4-6H,7H2,1-3H3,(H2,16,17,18,19). The maximum absolute atomic E-state index is 11.9. The summed E-state index contributed by atoms with van der Waals surface area (Å²) in [6.07, 6.45) is 0. The fourth-order valence-electron chi connectivity index (χ4n) is 1.69. The lowest BCUT2D eigenvalue weighted by molar-refractivity contribution is -0.113. The van der Waals surface area contributed by atoms with E-state index in [-0.39, 0.29) is 5.91 Å². The third kappa shape index (κ3) is 3.64. The molecule has 1 amide bonds. The number of nitrogens with one attached hydrogen (secondary N) is 2. The van der Waals surface area contributed by atoms with E-state index in [1.54, 1.807) is 0 Å². The molecule has 2 rings (SSSR count). The molecule has 2 N–H and O–H groups in total. The molecule has 1 aromatic heterocycles. The molecule has 0 aliphatic heterocycles. The highest BCUT2D eigenvalue weighted by Gasteiger charge is 2.10. The second kappa shape index (κ2) is 6.45. The molecule has 0 unspecified atom stereocenters. The summed E-state index contributed by atoms with van der Waals surface area (Å²) < 4.78 is 1.05. The number of anilines is 1. The Morgan fingerprint density at radius 2 is 2.15 bits per heavy atom. The topological polar surface area (TPSA) is 57.8 Å². The van der Waals surface area contributed by atoms with Gasteiger partial charge in [-0.1, -0.05) is 15.9 Å². The zero-order chi connectivity index (χ0) is 14.7. The Hall–Kier alpha value is -1.27. The second-order valence-electron chi connectivity index (χ2n) is 4.57. The number of aryl methyl sites for hydroxylation is 2. The van der Waals surface area contributed by atoms with Crippen molar-refractivity contribution in [2.75, 3.05) is 11.1 Å².